The van der Waals surface area contributed by atoms with Gasteiger partial charge in [0.1, 0.15) is 0 Å². The molecule has 0 spiro atoms. The summed E-state index contributed by atoms with van der Waals surface area (Å²) in [6.45, 7) is 5.72. The fourth-order valence-corrected chi connectivity index (χ4v) is 1.70. The van der Waals surface area contributed by atoms with Crippen molar-refractivity contribution in [1.82, 2.24) is 5.32 Å². The number of carbonyl (C=O) groups is 1. The highest BCUT2D eigenvalue weighted by Gasteiger charge is 2.31. The second-order valence-electron chi connectivity index (χ2n) is 4.39. The van der Waals surface area contributed by atoms with Crippen molar-refractivity contribution in [2.45, 2.75) is 52.0 Å². The smallest absolute Gasteiger partial charge is 0.305 e. The minimum absolute atomic E-state index is 0.0544. The summed E-state index contributed by atoms with van der Waals surface area (Å²) in [6, 6.07) is 0.773. The standard InChI is InChI=1S/C12H23NO2/c1-3-15-12(14)7-5-4-6-8-13-11-9-10(11)2/h10-11,13H,3-9H2,1-2H3. The molecule has 1 rings (SSSR count). The summed E-state index contributed by atoms with van der Waals surface area (Å²) in [6.07, 6.45) is 5.16. The van der Waals surface area contributed by atoms with Crippen molar-refractivity contribution in [2.75, 3.05) is 13.2 Å². The number of hydrogen-bond donors (Lipinski definition) is 1. The molecule has 0 bridgehead atoms. The molecule has 1 aliphatic rings. The van der Waals surface area contributed by atoms with Crippen LogP contribution >= 0.6 is 0 Å². The molecule has 1 fully saturated rings. The maximum atomic E-state index is 11.0. The number of carbonyl (C=O) groups excluding carboxylic acids is 1. The number of rotatable bonds is 8. The van der Waals surface area contributed by atoms with Crippen molar-refractivity contribution in [3.05, 3.63) is 0 Å². The van der Waals surface area contributed by atoms with Gasteiger partial charge >= 0.3 is 5.97 Å². The fourth-order valence-electron chi connectivity index (χ4n) is 1.70. The van der Waals surface area contributed by atoms with E-state index in [0.717, 1.165) is 31.3 Å². The van der Waals surface area contributed by atoms with Gasteiger partial charge < -0.3 is 10.1 Å². The summed E-state index contributed by atoms with van der Waals surface area (Å²) in [7, 11) is 0. The second kappa shape index (κ2) is 6.83. The maximum Gasteiger partial charge on any atom is 0.305 e. The van der Waals surface area contributed by atoms with Crippen molar-refractivity contribution in [1.29, 1.82) is 0 Å². The Morgan fingerprint density at radius 3 is 2.73 bits per heavy atom. The van der Waals surface area contributed by atoms with E-state index in [1.54, 1.807) is 0 Å². The molecule has 0 heterocycles. The molecule has 88 valence electrons. The Morgan fingerprint density at radius 2 is 2.13 bits per heavy atom. The number of esters is 1. The quantitative estimate of drug-likeness (QED) is 0.496. The molecule has 1 saturated carbocycles. The van der Waals surface area contributed by atoms with Crippen LogP contribution in [0.25, 0.3) is 0 Å². The van der Waals surface area contributed by atoms with Gasteiger partial charge in [0.25, 0.3) is 0 Å². The first-order valence-electron chi connectivity index (χ1n) is 6.13. The summed E-state index contributed by atoms with van der Waals surface area (Å²) < 4.78 is 4.86. The van der Waals surface area contributed by atoms with Crippen LogP contribution in [0.15, 0.2) is 0 Å². The molecule has 0 saturated heterocycles. The van der Waals surface area contributed by atoms with Crippen LogP contribution in [0, 0.1) is 5.92 Å². The summed E-state index contributed by atoms with van der Waals surface area (Å²) in [5.41, 5.74) is 0. The number of unbranched alkanes of at least 4 members (excludes halogenated alkanes) is 2. The Balaban J connectivity index is 1.78. The molecular formula is C12H23NO2. The monoisotopic (exact) mass is 213 g/mol. The van der Waals surface area contributed by atoms with Crippen molar-refractivity contribution >= 4 is 5.97 Å². The molecule has 0 aliphatic heterocycles. The lowest BCUT2D eigenvalue weighted by Crippen LogP contribution is -2.18. The van der Waals surface area contributed by atoms with Crippen LogP contribution in [-0.4, -0.2) is 25.2 Å². The van der Waals surface area contributed by atoms with E-state index in [2.05, 4.69) is 12.2 Å². The van der Waals surface area contributed by atoms with Crippen molar-refractivity contribution in [2.24, 2.45) is 5.92 Å². The summed E-state index contributed by atoms with van der Waals surface area (Å²) in [4.78, 5) is 11.0. The van der Waals surface area contributed by atoms with Crippen LogP contribution in [-0.2, 0) is 9.53 Å². The molecule has 2 atom stereocenters. The van der Waals surface area contributed by atoms with Gasteiger partial charge in [0.2, 0.25) is 0 Å². The first-order valence-corrected chi connectivity index (χ1v) is 6.13. The molecule has 1 aliphatic carbocycles. The first-order chi connectivity index (χ1) is 7.24. The lowest BCUT2D eigenvalue weighted by Gasteiger charge is -2.03. The molecule has 0 aromatic rings. The van der Waals surface area contributed by atoms with Crippen LogP contribution in [0.4, 0.5) is 0 Å². The molecule has 0 radical (unpaired) electrons. The van der Waals surface area contributed by atoms with Crippen molar-refractivity contribution in [3.63, 3.8) is 0 Å². The molecule has 0 amide bonds. The van der Waals surface area contributed by atoms with Crippen molar-refractivity contribution < 1.29 is 9.53 Å². The molecule has 2 unspecified atom stereocenters. The van der Waals surface area contributed by atoms with E-state index in [0.29, 0.717) is 13.0 Å². The highest BCUT2D eigenvalue weighted by atomic mass is 16.5. The van der Waals surface area contributed by atoms with Gasteiger partial charge in [0.15, 0.2) is 0 Å². The van der Waals surface area contributed by atoms with Gasteiger partial charge in [-0.15, -0.1) is 0 Å². The Labute approximate surface area is 92.6 Å². The van der Waals surface area contributed by atoms with Gasteiger partial charge in [-0.25, -0.2) is 0 Å². The Bertz CT molecular complexity index is 194. The van der Waals surface area contributed by atoms with E-state index in [1.165, 1.54) is 12.8 Å². The van der Waals surface area contributed by atoms with Crippen LogP contribution in [0.1, 0.15) is 46.0 Å². The van der Waals surface area contributed by atoms with Crippen LogP contribution in [0.3, 0.4) is 0 Å². The van der Waals surface area contributed by atoms with Gasteiger partial charge in [-0.05, 0) is 38.6 Å². The molecular weight excluding hydrogens is 190 g/mol. The van der Waals surface area contributed by atoms with Gasteiger partial charge in [-0.1, -0.05) is 13.3 Å². The number of nitrogens with one attached hydrogen (secondary N) is 1. The van der Waals surface area contributed by atoms with E-state index in [-0.39, 0.29) is 5.97 Å². The Hall–Kier alpha value is -0.570. The van der Waals surface area contributed by atoms with Crippen LogP contribution in [0.5, 0.6) is 0 Å². The SMILES string of the molecule is CCOC(=O)CCCCCNC1CC1C. The zero-order valence-corrected chi connectivity index (χ0v) is 9.92. The number of hydrogen-bond acceptors (Lipinski definition) is 3. The van der Waals surface area contributed by atoms with Gasteiger partial charge in [-0.3, -0.25) is 4.79 Å². The molecule has 0 aromatic carbocycles. The summed E-state index contributed by atoms with van der Waals surface area (Å²) in [5, 5.41) is 3.50. The zero-order chi connectivity index (χ0) is 11.1. The highest BCUT2D eigenvalue weighted by molar-refractivity contribution is 5.69. The summed E-state index contributed by atoms with van der Waals surface area (Å²) >= 11 is 0. The first kappa shape index (κ1) is 12.5. The molecule has 1 N–H and O–H groups in total. The molecule has 15 heavy (non-hydrogen) atoms. The van der Waals surface area contributed by atoms with Crippen LogP contribution < -0.4 is 5.32 Å². The highest BCUT2D eigenvalue weighted by Crippen LogP contribution is 2.28. The molecule has 0 aromatic heterocycles. The normalized spacial score (nSPS) is 23.9. The van der Waals surface area contributed by atoms with E-state index in [9.17, 15) is 4.79 Å². The minimum atomic E-state index is -0.0544. The van der Waals surface area contributed by atoms with Crippen LogP contribution in [0.2, 0.25) is 0 Å². The molecule has 3 nitrogen and oxygen atoms in total. The third-order valence-electron chi connectivity index (χ3n) is 2.88. The predicted octanol–water partition coefficient (Wildman–Crippen LogP) is 2.11. The predicted molar refractivity (Wildman–Crippen MR) is 60.7 cm³/mol. The van der Waals surface area contributed by atoms with Crippen molar-refractivity contribution in [3.8, 4) is 0 Å². The Kier molecular flexibility index (Phi) is 5.69. The zero-order valence-electron chi connectivity index (χ0n) is 9.92. The largest absolute Gasteiger partial charge is 0.466 e. The lowest BCUT2D eigenvalue weighted by molar-refractivity contribution is -0.143. The third-order valence-corrected chi connectivity index (χ3v) is 2.88. The average Bonchev–Trinajstić information content (AvgIpc) is 2.88. The third kappa shape index (κ3) is 5.78. The van der Waals surface area contributed by atoms with E-state index >= 15 is 0 Å². The average molecular weight is 213 g/mol. The number of ether oxygens (including phenoxy) is 1. The van der Waals surface area contributed by atoms with Gasteiger partial charge in [0, 0.05) is 12.5 Å². The van der Waals surface area contributed by atoms with Gasteiger partial charge in [-0.2, -0.15) is 0 Å². The van der Waals surface area contributed by atoms with E-state index in [4.69, 9.17) is 4.74 Å². The lowest BCUT2D eigenvalue weighted by atomic mass is 10.2. The van der Waals surface area contributed by atoms with E-state index in [1.807, 2.05) is 6.92 Å². The fraction of sp³-hybridized carbons (Fsp3) is 0.917. The maximum absolute atomic E-state index is 11.0. The minimum Gasteiger partial charge on any atom is -0.466 e. The summed E-state index contributed by atoms with van der Waals surface area (Å²) in [5.74, 6) is 0.825. The Morgan fingerprint density at radius 1 is 1.40 bits per heavy atom. The molecule has 3 heteroatoms. The van der Waals surface area contributed by atoms with E-state index < -0.39 is 0 Å². The topological polar surface area (TPSA) is 38.3 Å². The second-order valence-corrected chi connectivity index (χ2v) is 4.39. The van der Waals surface area contributed by atoms with Gasteiger partial charge in [0.05, 0.1) is 6.61 Å².